The van der Waals surface area contributed by atoms with Crippen LogP contribution in [0.15, 0.2) is 47.1 Å². The van der Waals surface area contributed by atoms with Gasteiger partial charge in [0.05, 0.1) is 24.4 Å². The van der Waals surface area contributed by atoms with Crippen LogP contribution in [0.1, 0.15) is 136 Å². The van der Waals surface area contributed by atoms with Crippen molar-refractivity contribution in [1.29, 1.82) is 0 Å². The summed E-state index contributed by atoms with van der Waals surface area (Å²) >= 11 is 0. The second kappa shape index (κ2) is 13.5. The maximum Gasteiger partial charge on any atom is 0.171 e. The first kappa shape index (κ1) is 38.9. The van der Waals surface area contributed by atoms with Crippen molar-refractivity contribution in [3.05, 3.63) is 47.1 Å². The van der Waals surface area contributed by atoms with Gasteiger partial charge in [-0.05, 0) is 150 Å². The largest absolute Gasteiger partial charge is 0.392 e. The lowest BCUT2D eigenvalue weighted by Gasteiger charge is -2.55. The van der Waals surface area contributed by atoms with Gasteiger partial charge < -0.3 is 29.9 Å². The fraction of sp³-hybridized carbons (Fsp3) is 0.812. The Labute approximate surface area is 330 Å². The van der Waals surface area contributed by atoms with Gasteiger partial charge in [0.2, 0.25) is 0 Å². The molecule has 0 aromatic carbocycles. The van der Waals surface area contributed by atoms with Crippen molar-refractivity contribution in [2.24, 2.45) is 63.1 Å². The summed E-state index contributed by atoms with van der Waals surface area (Å²) in [5, 5.41) is 42.6. The number of methoxy groups -OCH3 is 2. The summed E-state index contributed by atoms with van der Waals surface area (Å²) in [5.74, 6) is 4.47. The molecule has 10 aliphatic carbocycles. The number of hydrogen-bond donors (Lipinski definition) is 4. The van der Waals surface area contributed by atoms with E-state index >= 15 is 0 Å². The van der Waals surface area contributed by atoms with Gasteiger partial charge in [0.25, 0.3) is 0 Å². The molecule has 10 aliphatic rings. The Morgan fingerprint density at radius 3 is 1.84 bits per heavy atom. The van der Waals surface area contributed by atoms with Gasteiger partial charge in [0.15, 0.2) is 11.6 Å². The van der Waals surface area contributed by atoms with E-state index in [4.69, 9.17) is 9.47 Å². The summed E-state index contributed by atoms with van der Waals surface area (Å²) in [4.78, 5) is 11.9. The molecule has 7 saturated carbocycles. The first-order valence-electron chi connectivity index (χ1n) is 22.4. The smallest absolute Gasteiger partial charge is 0.171 e. The third-order valence-corrected chi connectivity index (χ3v) is 19.4. The summed E-state index contributed by atoms with van der Waals surface area (Å²) in [6.45, 7) is 4.71. The monoisotopic (exact) mass is 759 g/mol. The fourth-order valence-electron chi connectivity index (χ4n) is 16.2. The zero-order valence-electron chi connectivity index (χ0n) is 34.3. The van der Waals surface area contributed by atoms with Gasteiger partial charge >= 0.3 is 0 Å². The molecule has 0 bridgehead atoms. The molecule has 55 heavy (non-hydrogen) atoms. The number of ether oxygens (including phenoxy) is 2. The summed E-state index contributed by atoms with van der Waals surface area (Å²) in [6.07, 6.45) is 30.3. The predicted molar refractivity (Wildman–Crippen MR) is 212 cm³/mol. The van der Waals surface area contributed by atoms with Gasteiger partial charge in [-0.15, -0.1) is 0 Å². The van der Waals surface area contributed by atoms with Gasteiger partial charge in [-0.25, -0.2) is 0 Å². The van der Waals surface area contributed by atoms with Gasteiger partial charge in [-0.2, -0.15) is 0 Å². The maximum absolute atomic E-state index is 12.0. The lowest BCUT2D eigenvalue weighted by Crippen LogP contribution is -2.53. The molecule has 0 saturated heterocycles. The highest BCUT2D eigenvalue weighted by Crippen LogP contribution is 2.78. The van der Waals surface area contributed by atoms with Crippen LogP contribution in [0, 0.1) is 63.1 Å². The maximum atomic E-state index is 12.0. The zero-order chi connectivity index (χ0) is 38.6. The van der Waals surface area contributed by atoms with Crippen molar-refractivity contribution < 1.29 is 34.7 Å². The third kappa shape index (κ3) is 5.44. The number of ketones is 1. The van der Waals surface area contributed by atoms with Crippen LogP contribution in [0.5, 0.6) is 0 Å². The van der Waals surface area contributed by atoms with Gasteiger partial charge in [0, 0.05) is 55.1 Å². The molecule has 4 N–H and O–H groups in total. The highest BCUT2D eigenvalue weighted by atomic mass is 16.7. The third-order valence-electron chi connectivity index (χ3n) is 19.4. The van der Waals surface area contributed by atoms with Crippen molar-refractivity contribution in [2.75, 3.05) is 27.4 Å². The molecule has 7 fully saturated rings. The molecular formula is C48H70O7. The molecule has 10 rings (SSSR count). The van der Waals surface area contributed by atoms with Crippen molar-refractivity contribution >= 4 is 5.78 Å². The molecule has 0 heterocycles. The predicted octanol–water partition coefficient (Wildman–Crippen LogP) is 8.16. The second-order valence-corrected chi connectivity index (χ2v) is 20.9. The lowest BCUT2D eigenvalue weighted by molar-refractivity contribution is -0.213. The van der Waals surface area contributed by atoms with Crippen LogP contribution >= 0.6 is 0 Å². The Morgan fingerprint density at radius 1 is 0.673 bits per heavy atom. The van der Waals surface area contributed by atoms with E-state index in [0.717, 1.165) is 89.9 Å². The molecule has 0 amide bonds. The van der Waals surface area contributed by atoms with Crippen LogP contribution in [0.3, 0.4) is 0 Å². The summed E-state index contributed by atoms with van der Waals surface area (Å²) in [6, 6.07) is 0. The van der Waals surface area contributed by atoms with E-state index in [2.05, 4.69) is 13.8 Å². The highest BCUT2D eigenvalue weighted by Gasteiger charge is 2.76. The number of carbonyl (C=O) groups excluding carboxylic acids is 1. The minimum Gasteiger partial charge on any atom is -0.392 e. The van der Waals surface area contributed by atoms with Crippen molar-refractivity contribution in [3.8, 4) is 0 Å². The molecule has 7 nitrogen and oxygen atoms in total. The van der Waals surface area contributed by atoms with Crippen molar-refractivity contribution in [1.82, 2.24) is 0 Å². The molecule has 7 heteroatoms. The average molecular weight is 759 g/mol. The van der Waals surface area contributed by atoms with E-state index in [0.29, 0.717) is 47.2 Å². The SMILES string of the molecule is COC1(OC)CCC2=C(CCC3C2CC[C@@]2(C)C3CC3(CC3)[C@@]2(O)/C=C\CO)C1.C[C@]12CCC3C4CCC(=O)C=C4CCC3C1CC1(CC1)[C@@]2(O)/C=C\CO. The second-order valence-electron chi connectivity index (χ2n) is 20.9. The van der Waals surface area contributed by atoms with Crippen LogP contribution in [-0.4, -0.2) is 70.6 Å². The Bertz CT molecular complexity index is 1660. The van der Waals surface area contributed by atoms with E-state index in [-0.39, 0.29) is 34.9 Å². The molecule has 0 radical (unpaired) electrons. The van der Waals surface area contributed by atoms with E-state index in [1.54, 1.807) is 37.5 Å². The van der Waals surface area contributed by atoms with Gasteiger partial charge in [-0.3, -0.25) is 4.79 Å². The molecule has 304 valence electrons. The van der Waals surface area contributed by atoms with Gasteiger partial charge in [0.1, 0.15) is 0 Å². The summed E-state index contributed by atoms with van der Waals surface area (Å²) < 4.78 is 11.6. The molecule has 0 aromatic heterocycles. The standard InChI is InChI=1S/C25H38O4.C23H32O3/c1-22-10-7-19-18-8-11-24(28-2,29-3)15-17(18)5-6-20(19)21(22)16-23(12-13-23)25(22,27)9-4-14-26;1-21-9-7-18-17-6-4-16(25)13-15(17)3-5-19(18)20(21)14-22(10-11-22)23(21,26)8-2-12-24/h4,9,19-21,26-27H,5-8,10-16H2,1-3H3;2,8,13,17-20,24,26H,3-7,9-12,14H2,1H3/b9-4-;8-2-/t19?,20?,21?,22-,25+;17?,18?,19?,20?,21-,23+/m00/s1. The Hall–Kier alpha value is -1.61. The minimum absolute atomic E-state index is 0.00937. The van der Waals surface area contributed by atoms with E-state index < -0.39 is 17.0 Å². The first-order chi connectivity index (χ1) is 26.3. The number of rotatable bonds is 6. The fourth-order valence-corrected chi connectivity index (χ4v) is 16.2. The average Bonchev–Trinajstić information content (AvgIpc) is 4.13. The van der Waals surface area contributed by atoms with Crippen LogP contribution in [-0.2, 0) is 14.3 Å². The zero-order valence-corrected chi connectivity index (χ0v) is 34.3. The normalized spacial score (nSPS) is 46.7. The molecule has 7 unspecified atom stereocenters. The number of hydrogen-bond acceptors (Lipinski definition) is 7. The first-order valence-corrected chi connectivity index (χ1v) is 22.4. The number of carbonyl (C=O) groups is 1. The van der Waals surface area contributed by atoms with Gasteiger partial charge in [-0.1, -0.05) is 54.9 Å². The summed E-state index contributed by atoms with van der Waals surface area (Å²) in [5.41, 5.74) is 3.23. The number of allylic oxidation sites excluding steroid dienone is 2. The molecular weight excluding hydrogens is 689 g/mol. The molecule has 0 aromatic rings. The van der Waals surface area contributed by atoms with Crippen molar-refractivity contribution in [3.63, 3.8) is 0 Å². The molecule has 0 aliphatic heterocycles. The number of aliphatic hydroxyl groups excluding tert-OH is 2. The number of fused-ring (bicyclic) bond motifs is 9. The summed E-state index contributed by atoms with van der Waals surface area (Å²) in [7, 11) is 3.56. The van der Waals surface area contributed by atoms with E-state index in [9.17, 15) is 25.2 Å². The Kier molecular flexibility index (Phi) is 9.52. The van der Waals surface area contributed by atoms with E-state index in [1.165, 1.54) is 37.7 Å². The van der Waals surface area contributed by atoms with Crippen molar-refractivity contribution in [2.45, 2.75) is 153 Å². The van der Waals surface area contributed by atoms with Crippen LogP contribution in [0.4, 0.5) is 0 Å². The van der Waals surface area contributed by atoms with Crippen LogP contribution in [0.25, 0.3) is 0 Å². The Morgan fingerprint density at radius 2 is 1.25 bits per heavy atom. The Balaban J connectivity index is 0.000000145. The molecule has 11 atom stereocenters. The highest BCUT2D eigenvalue weighted by molar-refractivity contribution is 5.91. The topological polar surface area (TPSA) is 116 Å². The molecule has 2 spiro atoms. The van der Waals surface area contributed by atoms with Crippen LogP contribution < -0.4 is 0 Å². The lowest BCUT2D eigenvalue weighted by atomic mass is 9.50. The minimum atomic E-state index is -0.753. The van der Waals surface area contributed by atoms with Crippen LogP contribution in [0.2, 0.25) is 0 Å². The number of aliphatic hydroxyl groups is 4. The quantitative estimate of drug-likeness (QED) is 0.160. The van der Waals surface area contributed by atoms with E-state index in [1.807, 2.05) is 18.2 Å².